The maximum Gasteiger partial charge on any atom is 0.0230 e. The van der Waals surface area contributed by atoms with Gasteiger partial charge in [0.25, 0.3) is 0 Å². The number of piperidine rings is 1. The van der Waals surface area contributed by atoms with Crippen molar-refractivity contribution < 1.29 is 0 Å². The van der Waals surface area contributed by atoms with Gasteiger partial charge in [-0.15, -0.1) is 0 Å². The molecule has 1 N–H and O–H groups in total. The summed E-state index contributed by atoms with van der Waals surface area (Å²) in [5.74, 6) is 0.934. The summed E-state index contributed by atoms with van der Waals surface area (Å²) in [4.78, 5) is 2.46. The summed E-state index contributed by atoms with van der Waals surface area (Å²) < 4.78 is 0. The Labute approximate surface area is 118 Å². The Kier molecular flexibility index (Phi) is 5.41. The lowest BCUT2D eigenvalue weighted by Crippen LogP contribution is -2.30. The molecule has 19 heavy (non-hydrogen) atoms. The van der Waals surface area contributed by atoms with E-state index in [1.54, 1.807) is 0 Å². The molecule has 0 radical (unpaired) electrons. The monoisotopic (exact) mass is 260 g/mol. The molecule has 0 aliphatic carbocycles. The van der Waals surface area contributed by atoms with Crippen molar-refractivity contribution in [3.8, 4) is 0 Å². The first-order valence-electron chi connectivity index (χ1n) is 7.60. The maximum atomic E-state index is 3.44. The van der Waals surface area contributed by atoms with E-state index in [1.807, 2.05) is 0 Å². The molecule has 0 atom stereocenters. The lowest BCUT2D eigenvalue weighted by molar-refractivity contribution is 0.266. The van der Waals surface area contributed by atoms with Crippen molar-refractivity contribution in [1.82, 2.24) is 10.2 Å². The van der Waals surface area contributed by atoms with Crippen LogP contribution in [0.25, 0.3) is 0 Å². The van der Waals surface area contributed by atoms with Crippen molar-refractivity contribution in [2.75, 3.05) is 26.7 Å². The Bertz CT molecular complexity index is 394. The molecular formula is C17H28N2. The quantitative estimate of drug-likeness (QED) is 0.875. The van der Waals surface area contributed by atoms with Gasteiger partial charge in [-0.3, -0.25) is 0 Å². The Morgan fingerprint density at radius 1 is 1.16 bits per heavy atom. The van der Waals surface area contributed by atoms with Crippen LogP contribution < -0.4 is 5.32 Å². The molecule has 0 unspecified atom stereocenters. The van der Waals surface area contributed by atoms with Gasteiger partial charge in [-0.1, -0.05) is 18.2 Å². The van der Waals surface area contributed by atoms with E-state index >= 15 is 0 Å². The standard InChI is InChI=1S/C17H28N2/c1-14-4-5-17(12-15(14)2)13-19(3)11-8-16-6-9-18-10-7-16/h4-5,12,16,18H,6-11,13H2,1-3H3. The van der Waals surface area contributed by atoms with Crippen LogP contribution in [-0.2, 0) is 6.54 Å². The van der Waals surface area contributed by atoms with E-state index in [1.165, 1.54) is 55.6 Å². The highest BCUT2D eigenvalue weighted by Gasteiger charge is 2.13. The van der Waals surface area contributed by atoms with Gasteiger partial charge in [0, 0.05) is 6.54 Å². The number of aryl methyl sites for hydroxylation is 2. The number of hydrogen-bond acceptors (Lipinski definition) is 2. The van der Waals surface area contributed by atoms with Gasteiger partial charge in [-0.25, -0.2) is 0 Å². The van der Waals surface area contributed by atoms with Crippen LogP contribution in [0, 0.1) is 19.8 Å². The van der Waals surface area contributed by atoms with Crippen LogP contribution in [-0.4, -0.2) is 31.6 Å². The first-order valence-corrected chi connectivity index (χ1v) is 7.60. The first kappa shape index (κ1) is 14.5. The van der Waals surface area contributed by atoms with Crippen molar-refractivity contribution in [3.05, 3.63) is 34.9 Å². The predicted molar refractivity (Wildman–Crippen MR) is 82.5 cm³/mol. The second-order valence-electron chi connectivity index (χ2n) is 6.14. The van der Waals surface area contributed by atoms with Gasteiger partial charge >= 0.3 is 0 Å². The van der Waals surface area contributed by atoms with Gasteiger partial charge in [-0.05, 0) is 82.4 Å². The van der Waals surface area contributed by atoms with Crippen LogP contribution in [0.4, 0.5) is 0 Å². The molecule has 1 saturated heterocycles. The van der Waals surface area contributed by atoms with Crippen molar-refractivity contribution in [1.29, 1.82) is 0 Å². The topological polar surface area (TPSA) is 15.3 Å². The van der Waals surface area contributed by atoms with Crippen LogP contribution in [0.15, 0.2) is 18.2 Å². The summed E-state index contributed by atoms with van der Waals surface area (Å²) >= 11 is 0. The van der Waals surface area contributed by atoms with E-state index in [2.05, 4.69) is 49.3 Å². The lowest BCUT2D eigenvalue weighted by atomic mass is 9.94. The largest absolute Gasteiger partial charge is 0.317 e. The normalized spacial score (nSPS) is 17.1. The molecule has 1 fully saturated rings. The van der Waals surface area contributed by atoms with E-state index in [4.69, 9.17) is 0 Å². The summed E-state index contributed by atoms with van der Waals surface area (Å²) in [5.41, 5.74) is 4.24. The summed E-state index contributed by atoms with van der Waals surface area (Å²) in [7, 11) is 2.25. The van der Waals surface area contributed by atoms with Crippen LogP contribution in [0.1, 0.15) is 36.0 Å². The minimum Gasteiger partial charge on any atom is -0.317 e. The fourth-order valence-corrected chi connectivity index (χ4v) is 2.87. The number of nitrogens with zero attached hydrogens (tertiary/aromatic N) is 1. The van der Waals surface area contributed by atoms with Crippen molar-refractivity contribution in [2.45, 2.75) is 39.7 Å². The highest BCUT2D eigenvalue weighted by molar-refractivity contribution is 5.29. The molecule has 0 saturated carbocycles. The molecule has 2 heteroatoms. The summed E-state index contributed by atoms with van der Waals surface area (Å²) in [6.07, 6.45) is 4.07. The molecule has 1 aliphatic heterocycles. The Morgan fingerprint density at radius 3 is 2.58 bits per heavy atom. The third-order valence-electron chi connectivity index (χ3n) is 4.40. The van der Waals surface area contributed by atoms with Crippen LogP contribution in [0.2, 0.25) is 0 Å². The second-order valence-corrected chi connectivity index (χ2v) is 6.14. The minimum atomic E-state index is 0.934. The molecule has 1 heterocycles. The van der Waals surface area contributed by atoms with E-state index in [0.29, 0.717) is 0 Å². The minimum absolute atomic E-state index is 0.934. The third kappa shape index (κ3) is 4.63. The fourth-order valence-electron chi connectivity index (χ4n) is 2.87. The SMILES string of the molecule is Cc1ccc(CN(C)CCC2CCNCC2)cc1C. The van der Waals surface area contributed by atoms with Crippen molar-refractivity contribution >= 4 is 0 Å². The molecule has 0 amide bonds. The fraction of sp³-hybridized carbons (Fsp3) is 0.647. The van der Waals surface area contributed by atoms with Gasteiger partial charge in [0.1, 0.15) is 0 Å². The zero-order valence-corrected chi connectivity index (χ0v) is 12.7. The van der Waals surface area contributed by atoms with E-state index in [9.17, 15) is 0 Å². The van der Waals surface area contributed by atoms with E-state index in [0.717, 1.165) is 12.5 Å². The van der Waals surface area contributed by atoms with Gasteiger partial charge in [-0.2, -0.15) is 0 Å². The smallest absolute Gasteiger partial charge is 0.0230 e. The summed E-state index contributed by atoms with van der Waals surface area (Å²) in [6.45, 7) is 9.11. The maximum absolute atomic E-state index is 3.44. The van der Waals surface area contributed by atoms with Crippen molar-refractivity contribution in [2.24, 2.45) is 5.92 Å². The molecule has 106 valence electrons. The molecule has 2 nitrogen and oxygen atoms in total. The molecule has 1 aliphatic rings. The average Bonchev–Trinajstić information content (AvgIpc) is 2.42. The third-order valence-corrected chi connectivity index (χ3v) is 4.40. The molecular weight excluding hydrogens is 232 g/mol. The molecule has 1 aromatic carbocycles. The highest BCUT2D eigenvalue weighted by Crippen LogP contribution is 2.17. The number of nitrogens with one attached hydrogen (secondary N) is 1. The van der Waals surface area contributed by atoms with Crippen molar-refractivity contribution in [3.63, 3.8) is 0 Å². The number of rotatable bonds is 5. The Hall–Kier alpha value is -0.860. The van der Waals surface area contributed by atoms with Gasteiger partial charge < -0.3 is 10.2 Å². The van der Waals surface area contributed by atoms with Crippen LogP contribution >= 0.6 is 0 Å². The first-order chi connectivity index (χ1) is 9.15. The molecule has 0 aromatic heterocycles. The molecule has 1 aromatic rings. The zero-order chi connectivity index (χ0) is 13.7. The summed E-state index contributed by atoms with van der Waals surface area (Å²) in [6, 6.07) is 6.84. The Morgan fingerprint density at radius 2 is 1.89 bits per heavy atom. The van der Waals surface area contributed by atoms with E-state index < -0.39 is 0 Å². The van der Waals surface area contributed by atoms with E-state index in [-0.39, 0.29) is 0 Å². The number of hydrogen-bond donors (Lipinski definition) is 1. The molecule has 2 rings (SSSR count). The van der Waals surface area contributed by atoms with Gasteiger partial charge in [0.05, 0.1) is 0 Å². The van der Waals surface area contributed by atoms with Crippen LogP contribution in [0.3, 0.4) is 0 Å². The Balaban J connectivity index is 1.76. The van der Waals surface area contributed by atoms with Gasteiger partial charge in [0.15, 0.2) is 0 Å². The predicted octanol–water partition coefficient (Wildman–Crippen LogP) is 3.12. The zero-order valence-electron chi connectivity index (χ0n) is 12.7. The second kappa shape index (κ2) is 7.06. The highest BCUT2D eigenvalue weighted by atomic mass is 15.1. The lowest BCUT2D eigenvalue weighted by Gasteiger charge is -2.25. The number of benzene rings is 1. The summed E-state index contributed by atoms with van der Waals surface area (Å²) in [5, 5.41) is 3.44. The van der Waals surface area contributed by atoms with Gasteiger partial charge in [0.2, 0.25) is 0 Å². The van der Waals surface area contributed by atoms with Crippen LogP contribution in [0.5, 0.6) is 0 Å². The molecule has 0 spiro atoms. The average molecular weight is 260 g/mol. The molecule has 0 bridgehead atoms.